The van der Waals surface area contributed by atoms with E-state index in [9.17, 15) is 19.3 Å². The largest absolute Gasteiger partial charge is 0.451 e. The number of aryl methyl sites for hydroxylation is 2. The van der Waals surface area contributed by atoms with E-state index < -0.39 is 16.6 Å². The molecule has 132 valence electrons. The summed E-state index contributed by atoms with van der Waals surface area (Å²) in [6.07, 6.45) is 0. The molecule has 7 heteroatoms. The van der Waals surface area contributed by atoms with Crippen LogP contribution in [0.3, 0.4) is 0 Å². The molecule has 1 heterocycles. The number of halogens is 1. The number of non-ortho nitro benzene ring substituents is 1. The number of anilines is 1. The van der Waals surface area contributed by atoms with E-state index >= 15 is 0 Å². The van der Waals surface area contributed by atoms with Crippen molar-refractivity contribution in [2.75, 3.05) is 5.32 Å². The lowest BCUT2D eigenvalue weighted by Crippen LogP contribution is -2.12. The van der Waals surface area contributed by atoms with Crippen molar-refractivity contribution in [3.8, 4) is 11.3 Å². The summed E-state index contributed by atoms with van der Waals surface area (Å²) in [5.41, 5.74) is 2.43. The monoisotopic (exact) mass is 354 g/mol. The summed E-state index contributed by atoms with van der Waals surface area (Å²) in [4.78, 5) is 22.4. The Morgan fingerprint density at radius 3 is 2.54 bits per heavy atom. The number of nitro benzene ring substituents is 1. The highest BCUT2D eigenvalue weighted by atomic mass is 19.1. The van der Waals surface area contributed by atoms with Crippen molar-refractivity contribution in [3.63, 3.8) is 0 Å². The van der Waals surface area contributed by atoms with Gasteiger partial charge in [-0.1, -0.05) is 12.1 Å². The summed E-state index contributed by atoms with van der Waals surface area (Å²) >= 11 is 0. The van der Waals surface area contributed by atoms with Crippen LogP contribution in [0.2, 0.25) is 0 Å². The Morgan fingerprint density at radius 2 is 1.85 bits per heavy atom. The van der Waals surface area contributed by atoms with Crippen LogP contribution in [-0.4, -0.2) is 10.8 Å². The van der Waals surface area contributed by atoms with Crippen LogP contribution in [0.25, 0.3) is 11.3 Å². The highest BCUT2D eigenvalue weighted by Crippen LogP contribution is 2.26. The number of furan rings is 1. The Labute approximate surface area is 148 Å². The number of hydrogen-bond acceptors (Lipinski definition) is 4. The van der Waals surface area contributed by atoms with Gasteiger partial charge in [-0.2, -0.15) is 0 Å². The van der Waals surface area contributed by atoms with E-state index in [1.54, 1.807) is 6.07 Å². The number of nitrogens with zero attached hydrogens (tertiary/aromatic N) is 1. The van der Waals surface area contributed by atoms with Gasteiger partial charge in [0.2, 0.25) is 0 Å². The average Bonchev–Trinajstić information content (AvgIpc) is 3.09. The van der Waals surface area contributed by atoms with Crippen molar-refractivity contribution in [1.82, 2.24) is 0 Å². The van der Waals surface area contributed by atoms with Gasteiger partial charge in [0.1, 0.15) is 11.6 Å². The second-order valence-electron chi connectivity index (χ2n) is 5.84. The lowest BCUT2D eigenvalue weighted by molar-refractivity contribution is -0.384. The molecule has 3 rings (SSSR count). The number of nitrogens with one attached hydrogen (secondary N) is 1. The molecule has 0 aliphatic carbocycles. The molecule has 1 N–H and O–H groups in total. The van der Waals surface area contributed by atoms with Gasteiger partial charge in [-0.15, -0.1) is 0 Å². The van der Waals surface area contributed by atoms with Crippen LogP contribution in [0.5, 0.6) is 0 Å². The van der Waals surface area contributed by atoms with Crippen LogP contribution in [-0.2, 0) is 0 Å². The first kappa shape index (κ1) is 17.3. The lowest BCUT2D eigenvalue weighted by atomic mass is 10.1. The molecule has 0 unspecified atom stereocenters. The number of carbonyl (C=O) groups excluding carboxylic acids is 1. The molecule has 0 atom stereocenters. The van der Waals surface area contributed by atoms with Gasteiger partial charge in [0.15, 0.2) is 5.76 Å². The van der Waals surface area contributed by atoms with Crippen LogP contribution < -0.4 is 5.32 Å². The standard InChI is InChI=1S/C19H15FN2O4/c1-11-3-4-13(9-12(11)2)17-7-8-18(26-17)19(23)21-16-10-14(22(24)25)5-6-15(16)20/h3-10H,1-2H3,(H,21,23). The molecule has 0 aliphatic rings. The maximum atomic E-state index is 13.8. The van der Waals surface area contributed by atoms with Gasteiger partial charge in [-0.25, -0.2) is 4.39 Å². The molecule has 0 spiro atoms. The predicted octanol–water partition coefficient (Wildman–Crippen LogP) is 4.86. The fraction of sp³-hybridized carbons (Fsp3) is 0.105. The molecule has 0 saturated carbocycles. The second-order valence-corrected chi connectivity index (χ2v) is 5.84. The van der Waals surface area contributed by atoms with E-state index in [1.807, 2.05) is 32.0 Å². The van der Waals surface area contributed by atoms with Crippen LogP contribution in [0.15, 0.2) is 52.9 Å². The number of rotatable bonds is 4. The van der Waals surface area contributed by atoms with Gasteiger partial charge in [-0.05, 0) is 49.2 Å². The molecule has 26 heavy (non-hydrogen) atoms. The molecule has 0 fully saturated rings. The normalized spacial score (nSPS) is 10.6. The van der Waals surface area contributed by atoms with Gasteiger partial charge >= 0.3 is 0 Å². The molecule has 3 aromatic rings. The molecule has 1 amide bonds. The van der Waals surface area contributed by atoms with Gasteiger partial charge in [0.25, 0.3) is 11.6 Å². The molecular weight excluding hydrogens is 339 g/mol. The first-order valence-electron chi connectivity index (χ1n) is 7.78. The molecular formula is C19H15FN2O4. The molecule has 2 aromatic carbocycles. The number of carbonyl (C=O) groups is 1. The Hall–Kier alpha value is -3.48. The maximum Gasteiger partial charge on any atom is 0.291 e. The smallest absolute Gasteiger partial charge is 0.291 e. The highest BCUT2D eigenvalue weighted by Gasteiger charge is 2.17. The van der Waals surface area contributed by atoms with E-state index in [4.69, 9.17) is 4.42 Å². The zero-order valence-electron chi connectivity index (χ0n) is 14.1. The first-order chi connectivity index (χ1) is 12.3. The van der Waals surface area contributed by atoms with Crippen molar-refractivity contribution in [3.05, 3.63) is 81.3 Å². The van der Waals surface area contributed by atoms with Crippen molar-refractivity contribution < 1.29 is 18.5 Å². The van der Waals surface area contributed by atoms with Crippen molar-refractivity contribution >= 4 is 17.3 Å². The summed E-state index contributed by atoms with van der Waals surface area (Å²) in [5.74, 6) is -0.994. The summed E-state index contributed by atoms with van der Waals surface area (Å²) in [5, 5.41) is 13.1. The Balaban J connectivity index is 1.83. The molecule has 1 aromatic heterocycles. The fourth-order valence-electron chi connectivity index (χ4n) is 2.42. The molecule has 0 aliphatic heterocycles. The lowest BCUT2D eigenvalue weighted by Gasteiger charge is -2.05. The molecule has 0 radical (unpaired) electrons. The van der Waals surface area contributed by atoms with E-state index in [0.717, 1.165) is 34.9 Å². The number of hydrogen-bond donors (Lipinski definition) is 1. The highest BCUT2D eigenvalue weighted by molar-refractivity contribution is 6.02. The Kier molecular flexibility index (Phi) is 4.53. The SMILES string of the molecule is Cc1ccc(-c2ccc(C(=O)Nc3cc([N+](=O)[O-])ccc3F)o2)cc1C. The van der Waals surface area contributed by atoms with Crippen LogP contribution >= 0.6 is 0 Å². The summed E-state index contributed by atoms with van der Waals surface area (Å²) < 4.78 is 19.3. The van der Waals surface area contributed by atoms with E-state index in [-0.39, 0.29) is 17.1 Å². The van der Waals surface area contributed by atoms with E-state index in [2.05, 4.69) is 5.32 Å². The third-order valence-corrected chi connectivity index (χ3v) is 4.03. The van der Waals surface area contributed by atoms with Gasteiger partial charge in [0.05, 0.1) is 10.6 Å². The third kappa shape index (κ3) is 3.46. The third-order valence-electron chi connectivity index (χ3n) is 4.03. The molecule has 0 saturated heterocycles. The topological polar surface area (TPSA) is 85.4 Å². The minimum Gasteiger partial charge on any atom is -0.451 e. The number of benzene rings is 2. The van der Waals surface area contributed by atoms with Crippen LogP contribution in [0.1, 0.15) is 21.7 Å². The number of amides is 1. The summed E-state index contributed by atoms with van der Waals surface area (Å²) in [6.45, 7) is 3.97. The zero-order valence-corrected chi connectivity index (χ0v) is 14.1. The van der Waals surface area contributed by atoms with Crippen LogP contribution in [0, 0.1) is 29.8 Å². The second kappa shape index (κ2) is 6.79. The van der Waals surface area contributed by atoms with E-state index in [0.29, 0.717) is 5.76 Å². The Bertz CT molecular complexity index is 1010. The molecule has 0 bridgehead atoms. The zero-order chi connectivity index (χ0) is 18.8. The quantitative estimate of drug-likeness (QED) is 0.535. The average molecular weight is 354 g/mol. The van der Waals surface area contributed by atoms with Crippen molar-refractivity contribution in [2.24, 2.45) is 0 Å². The van der Waals surface area contributed by atoms with Crippen molar-refractivity contribution in [1.29, 1.82) is 0 Å². The van der Waals surface area contributed by atoms with E-state index in [1.165, 1.54) is 6.07 Å². The van der Waals surface area contributed by atoms with Gasteiger partial charge < -0.3 is 9.73 Å². The predicted molar refractivity (Wildman–Crippen MR) is 94.6 cm³/mol. The Morgan fingerprint density at radius 1 is 1.08 bits per heavy atom. The minimum absolute atomic E-state index is 0.0239. The van der Waals surface area contributed by atoms with Crippen molar-refractivity contribution in [2.45, 2.75) is 13.8 Å². The summed E-state index contributed by atoms with van der Waals surface area (Å²) in [7, 11) is 0. The first-order valence-corrected chi connectivity index (χ1v) is 7.78. The van der Waals surface area contributed by atoms with Gasteiger partial charge in [-0.3, -0.25) is 14.9 Å². The maximum absolute atomic E-state index is 13.8. The number of nitro groups is 1. The van der Waals surface area contributed by atoms with Gasteiger partial charge in [0, 0.05) is 17.7 Å². The summed E-state index contributed by atoms with van der Waals surface area (Å²) in [6, 6.07) is 11.8. The minimum atomic E-state index is -0.773. The fourth-order valence-corrected chi connectivity index (χ4v) is 2.42. The van der Waals surface area contributed by atoms with Crippen LogP contribution in [0.4, 0.5) is 15.8 Å². The molecule has 6 nitrogen and oxygen atoms in total.